The molecule has 1 aromatic heterocycles. The molecule has 0 unspecified atom stereocenters. The first-order chi connectivity index (χ1) is 9.38. The average Bonchev–Trinajstić information content (AvgIpc) is 2.38. The van der Waals surface area contributed by atoms with E-state index in [9.17, 15) is 18.0 Å². The van der Waals surface area contributed by atoms with Gasteiger partial charge in [-0.3, -0.25) is 0 Å². The third-order valence-electron chi connectivity index (χ3n) is 2.38. The number of carboxylic acid groups (broad SMARTS) is 1. The van der Waals surface area contributed by atoms with Crippen LogP contribution < -0.4 is 0 Å². The van der Waals surface area contributed by atoms with Crippen LogP contribution in [0.4, 0.5) is 13.2 Å². The van der Waals surface area contributed by atoms with Gasteiger partial charge in [0.15, 0.2) is 0 Å². The maximum atomic E-state index is 12.6. The summed E-state index contributed by atoms with van der Waals surface area (Å²) in [6, 6.07) is 7.48. The van der Waals surface area contributed by atoms with E-state index >= 15 is 0 Å². The Balaban J connectivity index is 2.34. The molecule has 0 amide bonds. The minimum Gasteiger partial charge on any atom is -0.478 e. The normalized spacial score (nSPS) is 11.3. The van der Waals surface area contributed by atoms with Crippen molar-refractivity contribution < 1.29 is 23.1 Å². The third-order valence-corrected chi connectivity index (χ3v) is 3.39. The molecular weight excluding hydrogens is 291 g/mol. The van der Waals surface area contributed by atoms with Crippen LogP contribution >= 0.6 is 11.8 Å². The van der Waals surface area contributed by atoms with Gasteiger partial charge in [0.25, 0.3) is 0 Å². The molecule has 104 valence electrons. The van der Waals surface area contributed by atoms with Gasteiger partial charge >= 0.3 is 12.1 Å². The van der Waals surface area contributed by atoms with Gasteiger partial charge in [0.1, 0.15) is 5.03 Å². The molecule has 2 rings (SSSR count). The maximum Gasteiger partial charge on any atom is 0.416 e. The Labute approximate surface area is 116 Å². The number of nitrogens with zero attached hydrogens (tertiary/aromatic N) is 1. The van der Waals surface area contributed by atoms with Crippen LogP contribution in [0.3, 0.4) is 0 Å². The molecule has 3 nitrogen and oxygen atoms in total. The molecular formula is C13H8F3NO2S. The van der Waals surface area contributed by atoms with Crippen molar-refractivity contribution in [2.45, 2.75) is 16.1 Å². The van der Waals surface area contributed by atoms with Gasteiger partial charge in [-0.2, -0.15) is 13.2 Å². The summed E-state index contributed by atoms with van der Waals surface area (Å²) in [5, 5.41) is 9.15. The molecule has 0 radical (unpaired) electrons. The monoisotopic (exact) mass is 299 g/mol. The van der Waals surface area contributed by atoms with E-state index < -0.39 is 17.7 Å². The molecule has 0 aliphatic heterocycles. The number of alkyl halides is 3. The zero-order valence-electron chi connectivity index (χ0n) is 9.89. The summed E-state index contributed by atoms with van der Waals surface area (Å²) in [6.45, 7) is 0. The Morgan fingerprint density at radius 3 is 2.60 bits per heavy atom. The largest absolute Gasteiger partial charge is 0.478 e. The number of carboxylic acids is 1. The van der Waals surface area contributed by atoms with Gasteiger partial charge in [-0.05, 0) is 30.3 Å². The molecule has 7 heteroatoms. The molecule has 2 aromatic rings. The highest BCUT2D eigenvalue weighted by atomic mass is 32.2. The first-order valence-corrected chi connectivity index (χ1v) is 6.23. The van der Waals surface area contributed by atoms with E-state index in [1.807, 2.05) is 0 Å². The number of aromatic nitrogens is 1. The van der Waals surface area contributed by atoms with Crippen LogP contribution in [-0.4, -0.2) is 16.1 Å². The van der Waals surface area contributed by atoms with Crippen LogP contribution in [0, 0.1) is 0 Å². The second-order valence-corrected chi connectivity index (χ2v) is 4.85. The van der Waals surface area contributed by atoms with Gasteiger partial charge in [0, 0.05) is 11.1 Å². The standard InChI is InChI=1S/C13H8F3NO2S/c14-13(15,16)8-3-1-4-9(7-8)20-11-10(12(18)19)5-2-6-17-11/h1-7H,(H,18,19). The van der Waals surface area contributed by atoms with Crippen molar-refractivity contribution in [1.29, 1.82) is 0 Å². The number of hydrogen-bond donors (Lipinski definition) is 1. The summed E-state index contributed by atoms with van der Waals surface area (Å²) >= 11 is 0.881. The van der Waals surface area contributed by atoms with Crippen molar-refractivity contribution in [1.82, 2.24) is 4.98 Å². The van der Waals surface area contributed by atoms with Crippen molar-refractivity contribution in [2.75, 3.05) is 0 Å². The van der Waals surface area contributed by atoms with E-state index in [0.29, 0.717) is 0 Å². The Bertz CT molecular complexity index is 644. The van der Waals surface area contributed by atoms with E-state index in [-0.39, 0.29) is 15.5 Å². The molecule has 1 heterocycles. The molecule has 0 aliphatic carbocycles. The number of hydrogen-bond acceptors (Lipinski definition) is 3. The van der Waals surface area contributed by atoms with E-state index in [4.69, 9.17) is 5.11 Å². The van der Waals surface area contributed by atoms with Gasteiger partial charge in [-0.1, -0.05) is 17.8 Å². The quantitative estimate of drug-likeness (QED) is 0.932. The highest BCUT2D eigenvalue weighted by Gasteiger charge is 2.30. The number of aromatic carboxylic acids is 1. The van der Waals surface area contributed by atoms with Gasteiger partial charge in [-0.25, -0.2) is 9.78 Å². The fourth-order valence-electron chi connectivity index (χ4n) is 1.48. The van der Waals surface area contributed by atoms with Crippen LogP contribution in [0.5, 0.6) is 0 Å². The molecule has 0 bridgehead atoms. The second-order valence-electron chi connectivity index (χ2n) is 3.79. The molecule has 0 spiro atoms. The Hall–Kier alpha value is -2.02. The molecule has 0 aliphatic rings. The van der Waals surface area contributed by atoms with Crippen molar-refractivity contribution >= 4 is 17.7 Å². The fourth-order valence-corrected chi connectivity index (χ4v) is 2.42. The van der Waals surface area contributed by atoms with Gasteiger partial charge in [-0.15, -0.1) is 0 Å². The molecule has 0 saturated carbocycles. The highest BCUT2D eigenvalue weighted by molar-refractivity contribution is 7.99. The summed E-state index contributed by atoms with van der Waals surface area (Å²) in [5.74, 6) is -1.17. The molecule has 20 heavy (non-hydrogen) atoms. The van der Waals surface area contributed by atoms with Gasteiger partial charge in [0.2, 0.25) is 0 Å². The van der Waals surface area contributed by atoms with Crippen molar-refractivity contribution in [3.63, 3.8) is 0 Å². The molecule has 0 saturated heterocycles. The second kappa shape index (κ2) is 5.54. The van der Waals surface area contributed by atoms with Crippen molar-refractivity contribution in [2.24, 2.45) is 0 Å². The first-order valence-electron chi connectivity index (χ1n) is 5.41. The number of halogens is 3. The molecule has 0 atom stereocenters. The van der Waals surface area contributed by atoms with E-state index in [1.54, 1.807) is 0 Å². The Morgan fingerprint density at radius 2 is 1.95 bits per heavy atom. The van der Waals surface area contributed by atoms with E-state index in [0.717, 1.165) is 23.9 Å². The smallest absolute Gasteiger partial charge is 0.416 e. The predicted molar refractivity (Wildman–Crippen MR) is 66.8 cm³/mol. The first kappa shape index (κ1) is 14.4. The van der Waals surface area contributed by atoms with Crippen molar-refractivity contribution in [3.8, 4) is 0 Å². The molecule has 0 fully saturated rings. The highest BCUT2D eigenvalue weighted by Crippen LogP contribution is 2.34. The number of carbonyl (C=O) groups is 1. The lowest BCUT2D eigenvalue weighted by Crippen LogP contribution is -2.04. The minimum atomic E-state index is -4.43. The zero-order valence-corrected chi connectivity index (χ0v) is 10.7. The van der Waals surface area contributed by atoms with Crippen molar-refractivity contribution in [3.05, 3.63) is 53.7 Å². The summed E-state index contributed by atoms with van der Waals surface area (Å²) in [4.78, 5) is 15.2. The maximum absolute atomic E-state index is 12.6. The van der Waals surface area contributed by atoms with E-state index in [2.05, 4.69) is 4.98 Å². The SMILES string of the molecule is O=C(O)c1cccnc1Sc1cccc(C(F)(F)F)c1. The van der Waals surface area contributed by atoms with Crippen LogP contribution in [0.1, 0.15) is 15.9 Å². The number of rotatable bonds is 3. The van der Waals surface area contributed by atoms with Gasteiger partial charge in [0.05, 0.1) is 11.1 Å². The molecule has 1 N–H and O–H groups in total. The van der Waals surface area contributed by atoms with Gasteiger partial charge < -0.3 is 5.11 Å². The summed E-state index contributed by atoms with van der Waals surface area (Å²) in [6.07, 6.45) is -3.04. The van der Waals surface area contributed by atoms with Crippen LogP contribution in [0.25, 0.3) is 0 Å². The lowest BCUT2D eigenvalue weighted by Gasteiger charge is -2.09. The lowest BCUT2D eigenvalue weighted by atomic mass is 10.2. The van der Waals surface area contributed by atoms with Crippen LogP contribution in [0.15, 0.2) is 52.5 Å². The summed E-state index contributed by atoms with van der Waals surface area (Å²) in [7, 11) is 0. The predicted octanol–water partition coefficient (Wildman–Crippen LogP) is 3.95. The molecule has 1 aromatic carbocycles. The van der Waals surface area contributed by atoms with Crippen LogP contribution in [-0.2, 0) is 6.18 Å². The van der Waals surface area contributed by atoms with Crippen LogP contribution in [0.2, 0.25) is 0 Å². The lowest BCUT2D eigenvalue weighted by molar-refractivity contribution is -0.137. The average molecular weight is 299 g/mol. The topological polar surface area (TPSA) is 50.2 Å². The third kappa shape index (κ3) is 3.30. The summed E-state index contributed by atoms with van der Waals surface area (Å²) < 4.78 is 37.8. The fraction of sp³-hybridized carbons (Fsp3) is 0.0769. The Morgan fingerprint density at radius 1 is 1.20 bits per heavy atom. The number of pyridine rings is 1. The minimum absolute atomic E-state index is 0.0464. The number of benzene rings is 1. The Kier molecular flexibility index (Phi) is 3.99. The zero-order chi connectivity index (χ0) is 14.8. The van der Waals surface area contributed by atoms with E-state index in [1.165, 1.54) is 30.5 Å². The summed E-state index contributed by atoms with van der Waals surface area (Å²) in [5.41, 5.74) is -0.829.